The van der Waals surface area contributed by atoms with Crippen molar-refractivity contribution in [2.45, 2.75) is 23.9 Å². The molecule has 1 aliphatic carbocycles. The predicted octanol–water partition coefficient (Wildman–Crippen LogP) is 2.76. The molecule has 166 valence electrons. The quantitative estimate of drug-likeness (QED) is 0.533. The summed E-state index contributed by atoms with van der Waals surface area (Å²) >= 11 is 0. The minimum Gasteiger partial charge on any atom is -0.351 e. The molecule has 0 unspecified atom stereocenters. The van der Waals surface area contributed by atoms with Crippen LogP contribution in [0.2, 0.25) is 0 Å². The van der Waals surface area contributed by atoms with Gasteiger partial charge in [0.15, 0.2) is 0 Å². The van der Waals surface area contributed by atoms with E-state index >= 15 is 0 Å². The van der Waals surface area contributed by atoms with Crippen molar-refractivity contribution >= 4 is 27.5 Å². The van der Waals surface area contributed by atoms with Crippen LogP contribution in [0, 0.1) is 5.92 Å². The van der Waals surface area contributed by atoms with Crippen LogP contribution in [0.25, 0.3) is 0 Å². The second kappa shape index (κ2) is 9.06. The zero-order chi connectivity index (χ0) is 22.6. The van der Waals surface area contributed by atoms with Crippen LogP contribution in [0.4, 0.5) is 18.9 Å². The van der Waals surface area contributed by atoms with Gasteiger partial charge in [0.2, 0.25) is 15.9 Å². The Kier molecular flexibility index (Phi) is 6.65. The summed E-state index contributed by atoms with van der Waals surface area (Å²) in [5, 5.41) is 5.29. The second-order valence-electron chi connectivity index (χ2n) is 7.02. The maximum absolute atomic E-state index is 12.6. The van der Waals surface area contributed by atoms with E-state index in [9.17, 15) is 31.2 Å². The topological polar surface area (TPSA) is 104 Å². The van der Waals surface area contributed by atoms with E-state index in [1.165, 1.54) is 12.1 Å². The van der Waals surface area contributed by atoms with Crippen molar-refractivity contribution in [3.05, 3.63) is 59.7 Å². The lowest BCUT2D eigenvalue weighted by atomic mass is 10.2. The number of halogens is 3. The molecule has 0 heterocycles. The maximum atomic E-state index is 12.6. The molecule has 0 radical (unpaired) electrons. The lowest BCUT2D eigenvalue weighted by Crippen LogP contribution is -2.34. The van der Waals surface area contributed by atoms with Crippen molar-refractivity contribution in [3.8, 4) is 0 Å². The molecule has 11 heteroatoms. The smallest absolute Gasteiger partial charge is 0.351 e. The number of amides is 2. The van der Waals surface area contributed by atoms with Crippen molar-refractivity contribution in [2.75, 3.05) is 18.4 Å². The Morgan fingerprint density at radius 1 is 0.935 bits per heavy atom. The molecule has 1 aliphatic rings. The minimum absolute atomic E-state index is 0.0289. The highest BCUT2D eigenvalue weighted by Crippen LogP contribution is 2.30. The first-order chi connectivity index (χ1) is 14.6. The fourth-order valence-corrected chi connectivity index (χ4v) is 3.70. The van der Waals surface area contributed by atoms with Crippen LogP contribution in [-0.2, 0) is 21.0 Å². The summed E-state index contributed by atoms with van der Waals surface area (Å²) in [7, 11) is -4.01. The van der Waals surface area contributed by atoms with Gasteiger partial charge in [0.05, 0.1) is 10.5 Å². The first-order valence-electron chi connectivity index (χ1n) is 9.42. The average molecular weight is 455 g/mol. The van der Waals surface area contributed by atoms with Crippen molar-refractivity contribution in [3.63, 3.8) is 0 Å². The SMILES string of the molecule is O=C(NCCNS(=O)(=O)c1ccc(C(F)(F)F)cc1)c1ccc(NC(=O)C2CC2)cc1. The van der Waals surface area contributed by atoms with Gasteiger partial charge in [0.1, 0.15) is 0 Å². The summed E-state index contributed by atoms with van der Waals surface area (Å²) in [6.07, 6.45) is -2.79. The number of carbonyl (C=O) groups is 2. The molecule has 1 saturated carbocycles. The molecule has 2 aromatic carbocycles. The van der Waals surface area contributed by atoms with Gasteiger partial charge < -0.3 is 10.6 Å². The number of benzene rings is 2. The molecule has 0 atom stereocenters. The molecule has 3 rings (SSSR count). The summed E-state index contributed by atoms with van der Waals surface area (Å²) in [5.41, 5.74) is -0.0374. The molecule has 31 heavy (non-hydrogen) atoms. The van der Waals surface area contributed by atoms with Gasteiger partial charge in [-0.15, -0.1) is 0 Å². The Hall–Kier alpha value is -2.92. The Balaban J connectivity index is 1.46. The molecular formula is C20H20F3N3O4S. The number of nitrogens with one attached hydrogen (secondary N) is 3. The van der Waals surface area contributed by atoms with Crippen LogP contribution >= 0.6 is 0 Å². The zero-order valence-corrected chi connectivity index (χ0v) is 17.0. The normalized spacial score (nSPS) is 14.2. The van der Waals surface area contributed by atoms with Gasteiger partial charge in [0, 0.05) is 30.3 Å². The molecule has 0 aromatic heterocycles. The average Bonchev–Trinajstić information content (AvgIpc) is 3.56. The summed E-state index contributed by atoms with van der Waals surface area (Å²) in [6, 6.07) is 9.38. The van der Waals surface area contributed by atoms with E-state index in [2.05, 4.69) is 15.4 Å². The zero-order valence-electron chi connectivity index (χ0n) is 16.2. The van der Waals surface area contributed by atoms with E-state index in [1.807, 2.05) is 0 Å². The standard InChI is InChI=1S/C20H20F3N3O4S/c21-20(22,23)15-5-9-17(10-6-15)31(29,30)25-12-11-24-18(27)13-3-7-16(8-4-13)26-19(28)14-1-2-14/h3-10,14,25H,1-2,11-12H2,(H,24,27)(H,26,28). The monoisotopic (exact) mass is 455 g/mol. The van der Waals surface area contributed by atoms with E-state index < -0.39 is 27.7 Å². The molecule has 0 bridgehead atoms. The Bertz CT molecular complexity index is 1050. The van der Waals surface area contributed by atoms with Crippen LogP contribution in [0.3, 0.4) is 0 Å². The van der Waals surface area contributed by atoms with Gasteiger partial charge in [-0.25, -0.2) is 13.1 Å². The molecule has 2 aromatic rings. The van der Waals surface area contributed by atoms with Gasteiger partial charge in [-0.1, -0.05) is 0 Å². The largest absolute Gasteiger partial charge is 0.416 e. The van der Waals surface area contributed by atoms with E-state index in [0.717, 1.165) is 25.0 Å². The lowest BCUT2D eigenvalue weighted by molar-refractivity contribution is -0.137. The van der Waals surface area contributed by atoms with Gasteiger partial charge in [-0.05, 0) is 61.4 Å². The third-order valence-electron chi connectivity index (χ3n) is 4.56. The first kappa shape index (κ1) is 22.8. The van der Waals surface area contributed by atoms with Crippen LogP contribution in [0.1, 0.15) is 28.8 Å². The minimum atomic E-state index is -4.55. The summed E-state index contributed by atoms with van der Waals surface area (Å²) < 4.78 is 64.2. The molecule has 0 saturated heterocycles. The highest BCUT2D eigenvalue weighted by Gasteiger charge is 2.31. The van der Waals surface area contributed by atoms with Gasteiger partial charge in [-0.2, -0.15) is 13.2 Å². The van der Waals surface area contributed by atoms with Gasteiger partial charge in [-0.3, -0.25) is 9.59 Å². The highest BCUT2D eigenvalue weighted by atomic mass is 32.2. The summed E-state index contributed by atoms with van der Waals surface area (Å²) in [5.74, 6) is -0.416. The van der Waals surface area contributed by atoms with Crippen LogP contribution in [0.15, 0.2) is 53.4 Å². The molecule has 0 spiro atoms. The Morgan fingerprint density at radius 2 is 1.55 bits per heavy atom. The molecule has 1 fully saturated rings. The molecule has 7 nitrogen and oxygen atoms in total. The third kappa shape index (κ3) is 6.28. The Morgan fingerprint density at radius 3 is 2.10 bits per heavy atom. The van der Waals surface area contributed by atoms with Crippen molar-refractivity contribution in [1.82, 2.24) is 10.0 Å². The van der Waals surface area contributed by atoms with Crippen molar-refractivity contribution in [1.29, 1.82) is 0 Å². The maximum Gasteiger partial charge on any atom is 0.416 e. The molecule has 3 N–H and O–H groups in total. The number of hydrogen-bond acceptors (Lipinski definition) is 4. The number of anilines is 1. The van der Waals surface area contributed by atoms with E-state index in [4.69, 9.17) is 0 Å². The second-order valence-corrected chi connectivity index (χ2v) is 8.78. The van der Waals surface area contributed by atoms with Crippen LogP contribution < -0.4 is 15.4 Å². The lowest BCUT2D eigenvalue weighted by Gasteiger charge is -2.10. The van der Waals surface area contributed by atoms with E-state index in [0.29, 0.717) is 23.4 Å². The first-order valence-corrected chi connectivity index (χ1v) is 10.9. The van der Waals surface area contributed by atoms with Crippen LogP contribution in [0.5, 0.6) is 0 Å². The fourth-order valence-electron chi connectivity index (χ4n) is 2.66. The number of rotatable bonds is 8. The Labute approximate surface area is 177 Å². The molecule has 0 aliphatic heterocycles. The fraction of sp³-hybridized carbons (Fsp3) is 0.300. The van der Waals surface area contributed by atoms with Crippen molar-refractivity contribution < 1.29 is 31.2 Å². The third-order valence-corrected chi connectivity index (χ3v) is 6.03. The van der Waals surface area contributed by atoms with E-state index in [1.54, 1.807) is 12.1 Å². The van der Waals surface area contributed by atoms with Gasteiger partial charge >= 0.3 is 6.18 Å². The number of alkyl halides is 3. The molecule has 2 amide bonds. The number of sulfonamides is 1. The predicted molar refractivity (Wildman–Crippen MR) is 107 cm³/mol. The summed E-state index contributed by atoms with van der Waals surface area (Å²) in [4.78, 5) is 23.5. The number of hydrogen-bond donors (Lipinski definition) is 3. The number of carbonyl (C=O) groups excluding carboxylic acids is 2. The van der Waals surface area contributed by atoms with Crippen molar-refractivity contribution in [2.24, 2.45) is 5.92 Å². The van der Waals surface area contributed by atoms with Gasteiger partial charge in [0.25, 0.3) is 5.91 Å². The summed E-state index contributed by atoms with van der Waals surface area (Å²) in [6.45, 7) is -0.177. The molecular weight excluding hydrogens is 435 g/mol. The van der Waals surface area contributed by atoms with Crippen LogP contribution in [-0.4, -0.2) is 33.3 Å². The van der Waals surface area contributed by atoms with E-state index in [-0.39, 0.29) is 29.8 Å². The highest BCUT2D eigenvalue weighted by molar-refractivity contribution is 7.89.